The highest BCUT2D eigenvalue weighted by atomic mass is 32.2. The molecule has 1 aliphatic heterocycles. The summed E-state index contributed by atoms with van der Waals surface area (Å²) in [5.74, 6) is 0.666. The van der Waals surface area contributed by atoms with Crippen molar-refractivity contribution < 1.29 is 22.8 Å². The molecule has 0 radical (unpaired) electrons. The van der Waals surface area contributed by atoms with Crippen molar-refractivity contribution in [1.29, 1.82) is 0 Å². The zero-order valence-corrected chi connectivity index (χ0v) is 16.1. The molecule has 1 heterocycles. The maximum Gasteiger partial charge on any atom is 0.293 e. The molecule has 0 saturated heterocycles. The van der Waals surface area contributed by atoms with Crippen LogP contribution in [0.2, 0.25) is 0 Å². The number of nitro groups is 1. The number of hydrogen-bond donors (Lipinski definition) is 1. The maximum absolute atomic E-state index is 11.7. The minimum Gasteiger partial charge on any atom is -0.448 e. The largest absolute Gasteiger partial charge is 0.448 e. The van der Waals surface area contributed by atoms with Gasteiger partial charge in [0.2, 0.25) is 0 Å². The van der Waals surface area contributed by atoms with Crippen LogP contribution in [0.4, 0.5) is 17.1 Å². The van der Waals surface area contributed by atoms with Gasteiger partial charge in [-0.05, 0) is 37.1 Å². The van der Waals surface area contributed by atoms with E-state index < -0.39 is 20.5 Å². The number of hydrogen-bond acceptors (Lipinski definition) is 7. The van der Waals surface area contributed by atoms with Crippen molar-refractivity contribution in [2.75, 3.05) is 11.6 Å². The number of nitrogens with zero attached hydrogens (tertiary/aromatic N) is 1. The topological polar surface area (TPSA) is 108 Å². The summed E-state index contributed by atoms with van der Waals surface area (Å²) in [6.45, 7) is 0. The van der Waals surface area contributed by atoms with Gasteiger partial charge in [-0.1, -0.05) is 6.42 Å². The van der Waals surface area contributed by atoms with Gasteiger partial charge in [0.05, 0.1) is 9.82 Å². The lowest BCUT2D eigenvalue weighted by Gasteiger charge is -2.31. The monoisotopic (exact) mass is 404 g/mol. The molecule has 148 valence electrons. The zero-order valence-electron chi connectivity index (χ0n) is 15.3. The molecule has 4 rings (SSSR count). The van der Waals surface area contributed by atoms with E-state index in [9.17, 15) is 18.5 Å². The van der Waals surface area contributed by atoms with E-state index in [4.69, 9.17) is 9.47 Å². The maximum atomic E-state index is 11.7. The molecule has 0 aromatic heterocycles. The predicted molar refractivity (Wildman–Crippen MR) is 103 cm³/mol. The van der Waals surface area contributed by atoms with Gasteiger partial charge in [0.1, 0.15) is 5.69 Å². The Morgan fingerprint density at radius 1 is 1.04 bits per heavy atom. The second kappa shape index (κ2) is 6.66. The number of fused-ring (bicyclic) bond motifs is 1. The Morgan fingerprint density at radius 2 is 1.75 bits per heavy atom. The molecule has 0 amide bonds. The number of rotatable bonds is 4. The molecule has 1 N–H and O–H groups in total. The summed E-state index contributed by atoms with van der Waals surface area (Å²) in [6.07, 6.45) is 5.96. The first-order chi connectivity index (χ1) is 13.3. The summed E-state index contributed by atoms with van der Waals surface area (Å²) in [5, 5.41) is 14.4. The number of nitro benzene ring substituents is 1. The van der Waals surface area contributed by atoms with E-state index in [1.165, 1.54) is 18.6 Å². The molecule has 9 heteroatoms. The van der Waals surface area contributed by atoms with Crippen molar-refractivity contribution in [3.8, 4) is 11.5 Å². The van der Waals surface area contributed by atoms with Crippen LogP contribution >= 0.6 is 0 Å². The lowest BCUT2D eigenvalue weighted by atomic mass is 9.94. The molecular weight excluding hydrogens is 384 g/mol. The predicted octanol–water partition coefficient (Wildman–Crippen LogP) is 4.17. The van der Waals surface area contributed by atoms with Crippen LogP contribution in [0.1, 0.15) is 32.1 Å². The van der Waals surface area contributed by atoms with Gasteiger partial charge in [-0.3, -0.25) is 10.1 Å². The first-order valence-electron chi connectivity index (χ1n) is 9.03. The second-order valence-electron chi connectivity index (χ2n) is 7.17. The van der Waals surface area contributed by atoms with Gasteiger partial charge >= 0.3 is 0 Å². The summed E-state index contributed by atoms with van der Waals surface area (Å²) < 4.78 is 35.5. The fraction of sp³-hybridized carbons (Fsp3) is 0.368. The van der Waals surface area contributed by atoms with Crippen LogP contribution in [0.3, 0.4) is 0 Å². The van der Waals surface area contributed by atoms with E-state index in [0.29, 0.717) is 17.2 Å². The van der Waals surface area contributed by atoms with E-state index in [1.54, 1.807) is 18.2 Å². The second-order valence-corrected chi connectivity index (χ2v) is 9.19. The van der Waals surface area contributed by atoms with Crippen molar-refractivity contribution in [2.24, 2.45) is 0 Å². The molecule has 0 bridgehead atoms. The highest BCUT2D eigenvalue weighted by Crippen LogP contribution is 2.47. The summed E-state index contributed by atoms with van der Waals surface area (Å²) in [7, 11) is -3.54. The number of sulfone groups is 1. The lowest BCUT2D eigenvalue weighted by Crippen LogP contribution is -2.40. The van der Waals surface area contributed by atoms with Crippen molar-refractivity contribution in [3.05, 3.63) is 46.5 Å². The van der Waals surface area contributed by atoms with Crippen LogP contribution in [0.25, 0.3) is 0 Å². The first-order valence-corrected chi connectivity index (χ1v) is 10.9. The van der Waals surface area contributed by atoms with Crippen LogP contribution < -0.4 is 14.8 Å². The molecule has 1 spiro atoms. The molecular formula is C19H20N2O6S. The first kappa shape index (κ1) is 18.5. The molecule has 2 aromatic rings. The highest BCUT2D eigenvalue weighted by Gasteiger charge is 2.42. The molecule has 1 aliphatic carbocycles. The third-order valence-corrected chi connectivity index (χ3v) is 6.13. The van der Waals surface area contributed by atoms with Crippen LogP contribution in [0.15, 0.2) is 41.3 Å². The summed E-state index contributed by atoms with van der Waals surface area (Å²) >= 11 is 0. The van der Waals surface area contributed by atoms with Gasteiger partial charge < -0.3 is 14.8 Å². The SMILES string of the molecule is CS(=O)(=O)c1ccc(Nc2ccc3c(c2)OC2(CCCCC2)O3)c([N+](=O)[O-])c1. The number of benzene rings is 2. The van der Waals surface area contributed by atoms with Crippen molar-refractivity contribution in [2.45, 2.75) is 42.8 Å². The fourth-order valence-electron chi connectivity index (χ4n) is 3.62. The number of anilines is 2. The summed E-state index contributed by atoms with van der Waals surface area (Å²) in [4.78, 5) is 10.7. The Hall–Kier alpha value is -2.81. The Labute approximate surface area is 162 Å². The van der Waals surface area contributed by atoms with E-state index >= 15 is 0 Å². The normalized spacial score (nSPS) is 17.5. The van der Waals surface area contributed by atoms with Crippen LogP contribution in [-0.2, 0) is 9.84 Å². The molecule has 0 unspecified atom stereocenters. The quantitative estimate of drug-likeness (QED) is 0.602. The Morgan fingerprint density at radius 3 is 2.43 bits per heavy atom. The summed E-state index contributed by atoms with van der Waals surface area (Å²) in [5.41, 5.74) is 0.471. The standard InChI is InChI=1S/C19H20N2O6S/c1-28(24,25)14-6-7-15(16(12-14)21(22)23)20-13-5-8-17-18(11-13)27-19(26-17)9-3-2-4-10-19/h5-8,11-12,20H,2-4,9-10H2,1H3. The van der Waals surface area contributed by atoms with Crippen LogP contribution in [-0.4, -0.2) is 25.4 Å². The molecule has 28 heavy (non-hydrogen) atoms. The molecule has 8 nitrogen and oxygen atoms in total. The zero-order chi connectivity index (χ0) is 19.9. The smallest absolute Gasteiger partial charge is 0.293 e. The van der Waals surface area contributed by atoms with Crippen molar-refractivity contribution >= 4 is 26.9 Å². The van der Waals surface area contributed by atoms with Crippen LogP contribution in [0.5, 0.6) is 11.5 Å². The van der Waals surface area contributed by atoms with Gasteiger partial charge in [0.25, 0.3) is 11.5 Å². The number of nitrogens with one attached hydrogen (secondary N) is 1. The fourth-order valence-corrected chi connectivity index (χ4v) is 4.26. The molecule has 2 aliphatic rings. The van der Waals surface area contributed by atoms with E-state index in [-0.39, 0.29) is 16.3 Å². The highest BCUT2D eigenvalue weighted by molar-refractivity contribution is 7.90. The lowest BCUT2D eigenvalue weighted by molar-refractivity contribution is -0.384. The number of ether oxygens (including phenoxy) is 2. The molecule has 0 atom stereocenters. The Balaban J connectivity index is 1.61. The minimum absolute atomic E-state index is 0.102. The van der Waals surface area contributed by atoms with E-state index in [1.807, 2.05) is 0 Å². The molecule has 1 saturated carbocycles. The third-order valence-electron chi connectivity index (χ3n) is 5.02. The average molecular weight is 404 g/mol. The Bertz CT molecular complexity index is 1040. The van der Waals surface area contributed by atoms with E-state index in [2.05, 4.69) is 5.32 Å². The van der Waals surface area contributed by atoms with Crippen molar-refractivity contribution in [3.63, 3.8) is 0 Å². The van der Waals surface area contributed by atoms with Gasteiger partial charge in [-0.2, -0.15) is 0 Å². The van der Waals surface area contributed by atoms with Gasteiger partial charge in [0, 0.05) is 36.9 Å². The van der Waals surface area contributed by atoms with Gasteiger partial charge in [0.15, 0.2) is 21.3 Å². The van der Waals surface area contributed by atoms with Gasteiger partial charge in [-0.25, -0.2) is 8.42 Å². The van der Waals surface area contributed by atoms with Crippen molar-refractivity contribution in [1.82, 2.24) is 0 Å². The summed E-state index contributed by atoms with van der Waals surface area (Å²) in [6, 6.07) is 9.06. The van der Waals surface area contributed by atoms with E-state index in [0.717, 1.165) is 38.0 Å². The Kier molecular flexibility index (Phi) is 4.41. The molecule has 1 fully saturated rings. The van der Waals surface area contributed by atoms with Crippen LogP contribution in [0, 0.1) is 10.1 Å². The average Bonchev–Trinajstić information content (AvgIpc) is 2.98. The minimum atomic E-state index is -3.54. The molecule has 2 aromatic carbocycles. The third kappa shape index (κ3) is 3.49. The van der Waals surface area contributed by atoms with Gasteiger partial charge in [-0.15, -0.1) is 0 Å².